The average Bonchev–Trinajstić information content (AvgIpc) is 2.48. The van der Waals surface area contributed by atoms with Crippen molar-refractivity contribution in [1.82, 2.24) is 9.97 Å². The van der Waals surface area contributed by atoms with Gasteiger partial charge in [0.25, 0.3) is 0 Å². The number of hydrogen-bond acceptors (Lipinski definition) is 4. The number of methoxy groups -OCH3 is 2. The zero-order valence-electron chi connectivity index (χ0n) is 11.8. The van der Waals surface area contributed by atoms with Crippen LogP contribution in [0.25, 0.3) is 11.3 Å². The molecular formula is C15H17ClN2O2. The van der Waals surface area contributed by atoms with Crippen LogP contribution >= 0.6 is 11.6 Å². The van der Waals surface area contributed by atoms with Gasteiger partial charge >= 0.3 is 0 Å². The molecule has 0 bridgehead atoms. The Morgan fingerprint density at radius 2 is 1.70 bits per heavy atom. The lowest BCUT2D eigenvalue weighted by Crippen LogP contribution is -1.98. The van der Waals surface area contributed by atoms with Crippen molar-refractivity contribution >= 4 is 11.6 Å². The van der Waals surface area contributed by atoms with Crippen molar-refractivity contribution in [2.24, 2.45) is 0 Å². The number of rotatable bonds is 5. The maximum atomic E-state index is 6.19. The van der Waals surface area contributed by atoms with Crippen molar-refractivity contribution in [3.63, 3.8) is 0 Å². The lowest BCUT2D eigenvalue weighted by Gasteiger charge is -2.12. The normalized spacial score (nSPS) is 10.4. The fraction of sp³-hybridized carbons (Fsp3) is 0.333. The molecule has 0 amide bonds. The Morgan fingerprint density at radius 3 is 2.25 bits per heavy atom. The van der Waals surface area contributed by atoms with Crippen LogP contribution in [0.15, 0.2) is 24.5 Å². The molecule has 0 unspecified atom stereocenters. The zero-order chi connectivity index (χ0) is 14.5. The fourth-order valence-electron chi connectivity index (χ4n) is 2.06. The van der Waals surface area contributed by atoms with Gasteiger partial charge in [-0.2, -0.15) is 0 Å². The Hall–Kier alpha value is -1.81. The van der Waals surface area contributed by atoms with Crippen molar-refractivity contribution < 1.29 is 9.47 Å². The molecule has 1 aromatic heterocycles. The van der Waals surface area contributed by atoms with E-state index in [9.17, 15) is 0 Å². The molecule has 0 aliphatic rings. The minimum Gasteiger partial charge on any atom is -0.497 e. The van der Waals surface area contributed by atoms with Crippen LogP contribution in [-0.2, 0) is 6.42 Å². The van der Waals surface area contributed by atoms with Crippen molar-refractivity contribution in [3.8, 4) is 22.8 Å². The van der Waals surface area contributed by atoms with Gasteiger partial charge in [0.1, 0.15) is 23.0 Å². The van der Waals surface area contributed by atoms with E-state index in [1.165, 1.54) is 6.33 Å². The number of halogens is 1. The molecule has 0 spiro atoms. The van der Waals surface area contributed by atoms with Crippen LogP contribution < -0.4 is 9.47 Å². The summed E-state index contributed by atoms with van der Waals surface area (Å²) in [6, 6.07) is 5.66. The number of nitrogens with zero attached hydrogens (tertiary/aromatic N) is 2. The molecule has 2 aromatic rings. The first-order chi connectivity index (χ1) is 9.69. The van der Waals surface area contributed by atoms with E-state index in [2.05, 4.69) is 16.9 Å². The van der Waals surface area contributed by atoms with Crippen LogP contribution in [0.3, 0.4) is 0 Å². The first-order valence-corrected chi connectivity index (χ1v) is 6.80. The Balaban J connectivity index is 2.58. The molecule has 0 radical (unpaired) electrons. The van der Waals surface area contributed by atoms with Crippen molar-refractivity contribution in [1.29, 1.82) is 0 Å². The molecule has 0 N–H and O–H groups in total. The van der Waals surface area contributed by atoms with Gasteiger partial charge in [-0.25, -0.2) is 9.97 Å². The molecule has 106 valence electrons. The highest BCUT2D eigenvalue weighted by Crippen LogP contribution is 2.32. The molecule has 5 heteroatoms. The van der Waals surface area contributed by atoms with Gasteiger partial charge in [0.05, 0.1) is 19.9 Å². The number of ether oxygens (including phenoxy) is 2. The summed E-state index contributed by atoms with van der Waals surface area (Å²) in [5.74, 6) is 1.44. The van der Waals surface area contributed by atoms with E-state index in [1.54, 1.807) is 14.2 Å². The van der Waals surface area contributed by atoms with Crippen LogP contribution in [0.5, 0.6) is 11.5 Å². The lowest BCUT2D eigenvalue weighted by molar-refractivity contribution is 0.394. The predicted molar refractivity (Wildman–Crippen MR) is 79.6 cm³/mol. The molecule has 0 saturated carbocycles. The van der Waals surface area contributed by atoms with Gasteiger partial charge in [0, 0.05) is 17.2 Å². The highest BCUT2D eigenvalue weighted by atomic mass is 35.5. The molecule has 4 nitrogen and oxygen atoms in total. The SMILES string of the molecule is CCCc1c(Cl)ncnc1-c1cc(OC)cc(OC)c1. The van der Waals surface area contributed by atoms with Crippen molar-refractivity contribution in [2.75, 3.05) is 14.2 Å². The second-order valence-electron chi connectivity index (χ2n) is 4.34. The van der Waals surface area contributed by atoms with E-state index >= 15 is 0 Å². The van der Waals surface area contributed by atoms with Gasteiger partial charge in [0.2, 0.25) is 0 Å². The van der Waals surface area contributed by atoms with Gasteiger partial charge in [-0.1, -0.05) is 24.9 Å². The molecule has 1 aromatic carbocycles. The Labute approximate surface area is 123 Å². The second kappa shape index (κ2) is 6.57. The summed E-state index contributed by atoms with van der Waals surface area (Å²) >= 11 is 6.19. The van der Waals surface area contributed by atoms with Gasteiger partial charge in [-0.05, 0) is 18.6 Å². The van der Waals surface area contributed by atoms with Crippen molar-refractivity contribution in [3.05, 3.63) is 35.2 Å². The maximum Gasteiger partial charge on any atom is 0.136 e. The van der Waals surface area contributed by atoms with Crippen LogP contribution in [-0.4, -0.2) is 24.2 Å². The summed E-state index contributed by atoms with van der Waals surface area (Å²) in [6.45, 7) is 2.10. The standard InChI is InChI=1S/C15H17ClN2O2/c1-4-5-13-14(17-9-18-15(13)16)10-6-11(19-2)8-12(7-10)20-3/h6-9H,4-5H2,1-3H3. The smallest absolute Gasteiger partial charge is 0.136 e. The third kappa shape index (κ3) is 3.02. The third-order valence-electron chi connectivity index (χ3n) is 3.02. The molecule has 0 aliphatic carbocycles. The van der Waals surface area contributed by atoms with E-state index in [4.69, 9.17) is 21.1 Å². The van der Waals surface area contributed by atoms with E-state index in [0.717, 1.165) is 41.2 Å². The highest BCUT2D eigenvalue weighted by molar-refractivity contribution is 6.30. The monoisotopic (exact) mass is 292 g/mol. The summed E-state index contributed by atoms with van der Waals surface area (Å²) < 4.78 is 10.6. The summed E-state index contributed by atoms with van der Waals surface area (Å²) in [6.07, 6.45) is 3.28. The third-order valence-corrected chi connectivity index (χ3v) is 3.34. The van der Waals surface area contributed by atoms with E-state index in [0.29, 0.717) is 5.15 Å². The summed E-state index contributed by atoms with van der Waals surface area (Å²) in [5.41, 5.74) is 2.69. The van der Waals surface area contributed by atoms with E-state index < -0.39 is 0 Å². The molecule has 20 heavy (non-hydrogen) atoms. The van der Waals surface area contributed by atoms with Crippen LogP contribution in [0, 0.1) is 0 Å². The number of aromatic nitrogens is 2. The largest absolute Gasteiger partial charge is 0.497 e. The van der Waals surface area contributed by atoms with Gasteiger partial charge in [-0.15, -0.1) is 0 Å². The van der Waals surface area contributed by atoms with Crippen LogP contribution in [0.4, 0.5) is 0 Å². The number of benzene rings is 1. The maximum absolute atomic E-state index is 6.19. The fourth-order valence-corrected chi connectivity index (χ4v) is 2.28. The molecule has 0 atom stereocenters. The van der Waals surface area contributed by atoms with Gasteiger partial charge in [0.15, 0.2) is 0 Å². The lowest BCUT2D eigenvalue weighted by atomic mass is 10.0. The minimum absolute atomic E-state index is 0.499. The Bertz CT molecular complexity index is 580. The molecule has 0 fully saturated rings. The van der Waals surface area contributed by atoms with E-state index in [-0.39, 0.29) is 0 Å². The molecule has 1 heterocycles. The highest BCUT2D eigenvalue weighted by Gasteiger charge is 2.13. The summed E-state index contributed by atoms with van der Waals surface area (Å²) in [7, 11) is 3.25. The molecule has 2 rings (SSSR count). The Kier molecular flexibility index (Phi) is 4.79. The molecule has 0 saturated heterocycles. The van der Waals surface area contributed by atoms with Gasteiger partial charge < -0.3 is 9.47 Å². The Morgan fingerprint density at radius 1 is 1.05 bits per heavy atom. The summed E-state index contributed by atoms with van der Waals surface area (Å²) in [5, 5.41) is 0.499. The quantitative estimate of drug-likeness (QED) is 0.787. The van der Waals surface area contributed by atoms with E-state index in [1.807, 2.05) is 18.2 Å². The summed E-state index contributed by atoms with van der Waals surface area (Å²) in [4.78, 5) is 8.43. The first kappa shape index (κ1) is 14.6. The topological polar surface area (TPSA) is 44.2 Å². The predicted octanol–water partition coefficient (Wildman–Crippen LogP) is 3.77. The first-order valence-electron chi connectivity index (χ1n) is 6.42. The molecular weight excluding hydrogens is 276 g/mol. The molecule has 0 aliphatic heterocycles. The van der Waals surface area contributed by atoms with Crippen LogP contribution in [0.2, 0.25) is 5.15 Å². The number of hydrogen-bond donors (Lipinski definition) is 0. The second-order valence-corrected chi connectivity index (χ2v) is 4.70. The average molecular weight is 293 g/mol. The van der Waals surface area contributed by atoms with Gasteiger partial charge in [-0.3, -0.25) is 0 Å². The minimum atomic E-state index is 0.499. The van der Waals surface area contributed by atoms with Crippen molar-refractivity contribution in [2.45, 2.75) is 19.8 Å². The van der Waals surface area contributed by atoms with Crippen LogP contribution in [0.1, 0.15) is 18.9 Å². The zero-order valence-corrected chi connectivity index (χ0v) is 12.6.